The number of thioether (sulfide) groups is 1. The molecule has 2 unspecified atom stereocenters. The van der Waals surface area contributed by atoms with E-state index in [1.165, 1.54) is 62.1 Å². The van der Waals surface area contributed by atoms with Crippen LogP contribution in [0.1, 0.15) is 44.9 Å². The van der Waals surface area contributed by atoms with Crippen molar-refractivity contribution in [2.45, 2.75) is 51.0 Å². The summed E-state index contributed by atoms with van der Waals surface area (Å²) in [5.74, 6) is 2.97. The Morgan fingerprint density at radius 3 is 2.64 bits per heavy atom. The minimum Gasteiger partial charge on any atom is -0.497 e. The highest BCUT2D eigenvalue weighted by Gasteiger charge is 2.27. The molecule has 0 spiro atoms. The Hall–Kier alpha value is -0.710. The van der Waals surface area contributed by atoms with Gasteiger partial charge in [-0.1, -0.05) is 6.58 Å². The van der Waals surface area contributed by atoms with Gasteiger partial charge in [-0.25, -0.2) is 0 Å². The maximum atomic E-state index is 5.19. The quantitative estimate of drug-likeness (QED) is 0.504. The van der Waals surface area contributed by atoms with Crippen LogP contribution in [-0.2, 0) is 9.47 Å². The monoisotopic (exact) mass is 365 g/mol. The smallest absolute Gasteiger partial charge is 0.118 e. The number of hydrogen-bond donors (Lipinski definition) is 0. The first kappa shape index (κ1) is 20.6. The SMILES string of the molecule is C1CCOCC1.C=C/C(=C\C=C1/CC(CC2CCCN2C)CS1)OC. The van der Waals surface area contributed by atoms with E-state index >= 15 is 0 Å². The third-order valence-corrected chi connectivity index (χ3v) is 6.53. The molecule has 3 nitrogen and oxygen atoms in total. The van der Waals surface area contributed by atoms with Gasteiger partial charge >= 0.3 is 0 Å². The van der Waals surface area contributed by atoms with E-state index in [-0.39, 0.29) is 0 Å². The maximum absolute atomic E-state index is 5.19. The minimum atomic E-state index is 0.822. The van der Waals surface area contributed by atoms with Crippen molar-refractivity contribution >= 4 is 11.8 Å². The van der Waals surface area contributed by atoms with Crippen molar-refractivity contribution in [1.29, 1.82) is 0 Å². The first-order valence-corrected chi connectivity index (χ1v) is 10.7. The van der Waals surface area contributed by atoms with Crippen LogP contribution in [-0.4, -0.2) is 50.6 Å². The van der Waals surface area contributed by atoms with Gasteiger partial charge in [0, 0.05) is 25.0 Å². The van der Waals surface area contributed by atoms with E-state index in [1.54, 1.807) is 13.2 Å². The third-order valence-electron chi connectivity index (χ3n) is 5.22. The van der Waals surface area contributed by atoms with E-state index in [1.807, 2.05) is 17.8 Å². The molecule has 2 atom stereocenters. The van der Waals surface area contributed by atoms with E-state index in [9.17, 15) is 0 Å². The zero-order valence-corrected chi connectivity index (χ0v) is 16.9. The zero-order chi connectivity index (χ0) is 17.9. The standard InChI is InChI=1S/C16H25NOS.C5H10O/c1-4-15(18-3)7-8-16-11-13(12-19-16)10-14-6-5-9-17(14)2;1-2-4-6-5-3-1/h4,7-8,13-14H,1,5-6,9-12H2,2-3H3;1-5H2/b15-7+,16-8+;. The summed E-state index contributed by atoms with van der Waals surface area (Å²) in [5.41, 5.74) is 0. The molecule has 3 saturated heterocycles. The molecule has 3 rings (SSSR count). The van der Waals surface area contributed by atoms with Gasteiger partial charge in [-0.3, -0.25) is 0 Å². The van der Waals surface area contributed by atoms with Gasteiger partial charge in [-0.05, 0) is 87.6 Å². The largest absolute Gasteiger partial charge is 0.497 e. The fourth-order valence-corrected chi connectivity index (χ4v) is 4.86. The van der Waals surface area contributed by atoms with E-state index in [0.717, 1.165) is 30.9 Å². The number of methoxy groups -OCH3 is 1. The topological polar surface area (TPSA) is 21.7 Å². The molecule has 0 aromatic heterocycles. The van der Waals surface area contributed by atoms with Crippen molar-refractivity contribution in [3.05, 3.63) is 35.5 Å². The summed E-state index contributed by atoms with van der Waals surface area (Å²) in [6.07, 6.45) is 15.3. The van der Waals surface area contributed by atoms with Gasteiger partial charge in [-0.2, -0.15) is 0 Å². The lowest BCUT2D eigenvalue weighted by atomic mass is 9.97. The number of rotatable bonds is 5. The molecule has 0 radical (unpaired) electrons. The van der Waals surface area contributed by atoms with E-state index < -0.39 is 0 Å². The molecule has 0 aromatic carbocycles. The molecular weight excluding hydrogens is 330 g/mol. The predicted molar refractivity (Wildman–Crippen MR) is 109 cm³/mol. The number of allylic oxidation sites excluding steroid dienone is 4. The van der Waals surface area contributed by atoms with Crippen molar-refractivity contribution in [2.24, 2.45) is 5.92 Å². The second kappa shape index (κ2) is 11.8. The fourth-order valence-electron chi connectivity index (χ4n) is 3.64. The zero-order valence-electron chi connectivity index (χ0n) is 16.0. The van der Waals surface area contributed by atoms with Gasteiger partial charge in [-0.15, -0.1) is 11.8 Å². The number of ether oxygens (including phenoxy) is 2. The summed E-state index contributed by atoms with van der Waals surface area (Å²) < 4.78 is 10.3. The Morgan fingerprint density at radius 2 is 2.12 bits per heavy atom. The average Bonchev–Trinajstić information content (AvgIpc) is 3.28. The molecule has 4 heteroatoms. The summed E-state index contributed by atoms with van der Waals surface area (Å²) in [7, 11) is 3.96. The highest BCUT2D eigenvalue weighted by Crippen LogP contribution is 2.39. The van der Waals surface area contributed by atoms with Crippen molar-refractivity contribution in [2.75, 3.05) is 39.7 Å². The molecule has 0 N–H and O–H groups in total. The molecule has 3 aliphatic rings. The summed E-state index contributed by atoms with van der Waals surface area (Å²) in [6.45, 7) is 7.02. The highest BCUT2D eigenvalue weighted by atomic mass is 32.2. The van der Waals surface area contributed by atoms with Crippen molar-refractivity contribution in [1.82, 2.24) is 4.90 Å². The maximum Gasteiger partial charge on any atom is 0.118 e. The fraction of sp³-hybridized carbons (Fsp3) is 0.714. The van der Waals surface area contributed by atoms with E-state index in [0.29, 0.717) is 0 Å². The highest BCUT2D eigenvalue weighted by molar-refractivity contribution is 8.03. The first-order chi connectivity index (χ1) is 12.2. The Morgan fingerprint density at radius 1 is 1.32 bits per heavy atom. The summed E-state index contributed by atoms with van der Waals surface area (Å²) in [6, 6.07) is 0.822. The normalized spacial score (nSPS) is 29.4. The molecular formula is C21H35NO2S. The van der Waals surface area contributed by atoms with E-state index in [4.69, 9.17) is 9.47 Å². The van der Waals surface area contributed by atoms with Gasteiger partial charge in [0.25, 0.3) is 0 Å². The van der Waals surface area contributed by atoms with Crippen LogP contribution in [0, 0.1) is 5.92 Å². The lowest BCUT2D eigenvalue weighted by molar-refractivity contribution is 0.0968. The minimum absolute atomic E-state index is 0.822. The molecule has 3 fully saturated rings. The summed E-state index contributed by atoms with van der Waals surface area (Å²) in [5, 5.41) is 0. The van der Waals surface area contributed by atoms with Crippen molar-refractivity contribution < 1.29 is 9.47 Å². The van der Waals surface area contributed by atoms with Crippen LogP contribution >= 0.6 is 11.8 Å². The van der Waals surface area contributed by atoms with Crippen LogP contribution in [0.2, 0.25) is 0 Å². The van der Waals surface area contributed by atoms with Gasteiger partial charge in [0.1, 0.15) is 5.76 Å². The van der Waals surface area contributed by atoms with Crippen LogP contribution in [0.4, 0.5) is 0 Å². The number of nitrogens with zero attached hydrogens (tertiary/aromatic N) is 1. The molecule has 25 heavy (non-hydrogen) atoms. The first-order valence-electron chi connectivity index (χ1n) is 9.71. The molecule has 0 bridgehead atoms. The van der Waals surface area contributed by atoms with Crippen molar-refractivity contribution in [3.63, 3.8) is 0 Å². The summed E-state index contributed by atoms with van der Waals surface area (Å²) in [4.78, 5) is 4.02. The molecule has 142 valence electrons. The van der Waals surface area contributed by atoms with Gasteiger partial charge < -0.3 is 14.4 Å². The molecule has 0 amide bonds. The number of hydrogen-bond acceptors (Lipinski definition) is 4. The Labute approximate surface area is 158 Å². The van der Waals surface area contributed by atoms with Crippen LogP contribution in [0.3, 0.4) is 0 Å². The Balaban J connectivity index is 0.000000316. The van der Waals surface area contributed by atoms with Crippen LogP contribution in [0.5, 0.6) is 0 Å². The van der Waals surface area contributed by atoms with Gasteiger partial charge in [0.2, 0.25) is 0 Å². The van der Waals surface area contributed by atoms with Gasteiger partial charge in [0.05, 0.1) is 7.11 Å². The second-order valence-corrected chi connectivity index (χ2v) is 8.32. The van der Waals surface area contributed by atoms with Gasteiger partial charge in [0.15, 0.2) is 0 Å². The third kappa shape index (κ3) is 7.59. The Kier molecular flexibility index (Phi) is 9.74. The van der Waals surface area contributed by atoms with E-state index in [2.05, 4.69) is 24.6 Å². The molecule has 3 aliphatic heterocycles. The van der Waals surface area contributed by atoms with Crippen LogP contribution in [0.15, 0.2) is 35.5 Å². The predicted octanol–water partition coefficient (Wildman–Crippen LogP) is 5.01. The van der Waals surface area contributed by atoms with Crippen LogP contribution < -0.4 is 0 Å². The lowest BCUT2D eigenvalue weighted by Gasteiger charge is -2.22. The Bertz CT molecular complexity index is 445. The lowest BCUT2D eigenvalue weighted by Crippen LogP contribution is -2.27. The number of likely N-dealkylation sites (tertiary alicyclic amines) is 1. The average molecular weight is 366 g/mol. The molecule has 0 saturated carbocycles. The van der Waals surface area contributed by atoms with Crippen molar-refractivity contribution in [3.8, 4) is 0 Å². The molecule has 0 aromatic rings. The second-order valence-electron chi connectivity index (χ2n) is 7.18. The molecule has 0 aliphatic carbocycles. The summed E-state index contributed by atoms with van der Waals surface area (Å²) >= 11 is 2.01. The molecule has 3 heterocycles. The van der Waals surface area contributed by atoms with Crippen LogP contribution in [0.25, 0.3) is 0 Å².